The van der Waals surface area contributed by atoms with Crippen molar-refractivity contribution in [3.8, 4) is 0 Å². The van der Waals surface area contributed by atoms with Crippen molar-refractivity contribution in [3.63, 3.8) is 0 Å². The zero-order valence-electron chi connectivity index (χ0n) is 22.3. The molecule has 204 valence electrons. The molecule has 3 rings (SSSR count). The molecular weight excluding hydrogens is 514 g/mol. The number of sulfonamides is 1. The lowest BCUT2D eigenvalue weighted by molar-refractivity contribution is 0.0174. The van der Waals surface area contributed by atoms with E-state index in [9.17, 15) is 18.3 Å². The molecule has 1 aliphatic heterocycles. The van der Waals surface area contributed by atoms with Crippen molar-refractivity contribution in [2.45, 2.75) is 77.2 Å². The van der Waals surface area contributed by atoms with Crippen LogP contribution in [0.4, 0.5) is 10.5 Å². The summed E-state index contributed by atoms with van der Waals surface area (Å²) in [5.41, 5.74) is 2.28. The summed E-state index contributed by atoms with van der Waals surface area (Å²) in [4.78, 5) is 14.0. The van der Waals surface area contributed by atoms with Crippen LogP contribution >= 0.6 is 11.6 Å². The third kappa shape index (κ3) is 7.60. The van der Waals surface area contributed by atoms with Crippen LogP contribution in [0.15, 0.2) is 41.3 Å². The Kier molecular flexibility index (Phi) is 9.16. The molecule has 1 aliphatic rings. The fraction of sp³-hybridized carbons (Fsp3) is 0.519. The van der Waals surface area contributed by atoms with Crippen LogP contribution in [0.1, 0.15) is 63.5 Å². The molecule has 3 N–H and O–H groups in total. The van der Waals surface area contributed by atoms with Crippen molar-refractivity contribution in [2.24, 2.45) is 5.92 Å². The number of carbonyl (C=O) groups is 1. The molecule has 1 amide bonds. The van der Waals surface area contributed by atoms with Gasteiger partial charge in [0.2, 0.25) is 10.0 Å². The van der Waals surface area contributed by atoms with Crippen LogP contribution in [0.2, 0.25) is 5.02 Å². The summed E-state index contributed by atoms with van der Waals surface area (Å²) in [5.74, 6) is 0.0681. The number of nitrogens with one attached hydrogen (secondary N) is 2. The number of carbonyl (C=O) groups excluding carboxylic acids is 1. The quantitative estimate of drug-likeness (QED) is 0.399. The second kappa shape index (κ2) is 11.6. The van der Waals surface area contributed by atoms with Crippen molar-refractivity contribution < 1.29 is 23.1 Å². The molecule has 0 aromatic heterocycles. The van der Waals surface area contributed by atoms with Gasteiger partial charge in [-0.15, -0.1) is 0 Å². The SMILES string of the molecule is Cc1cc(S(=O)(=O)N[C@H](C)C2CCN(C(=O)OC(C)(C)C)CC2)c(Cl)cc1NC(O)c1ccccc1C. The van der Waals surface area contributed by atoms with Gasteiger partial charge >= 0.3 is 6.09 Å². The number of hydrogen-bond donors (Lipinski definition) is 3. The minimum absolute atomic E-state index is 0.0133. The van der Waals surface area contributed by atoms with E-state index in [1.54, 1.807) is 11.8 Å². The molecule has 2 aromatic carbocycles. The van der Waals surface area contributed by atoms with Crippen LogP contribution in [0.25, 0.3) is 0 Å². The topological polar surface area (TPSA) is 108 Å². The molecule has 0 aliphatic carbocycles. The van der Waals surface area contributed by atoms with E-state index in [4.69, 9.17) is 16.3 Å². The fourth-order valence-corrected chi connectivity index (χ4v) is 6.37. The Morgan fingerprint density at radius 3 is 2.35 bits per heavy atom. The fourth-order valence-electron chi connectivity index (χ4n) is 4.45. The summed E-state index contributed by atoms with van der Waals surface area (Å²) in [6.45, 7) is 12.0. The highest BCUT2D eigenvalue weighted by Crippen LogP contribution is 2.32. The van der Waals surface area contributed by atoms with E-state index in [0.29, 0.717) is 37.2 Å². The predicted octanol–water partition coefficient (Wildman–Crippen LogP) is 5.37. The Morgan fingerprint density at radius 1 is 1.14 bits per heavy atom. The molecule has 1 saturated heterocycles. The molecule has 1 heterocycles. The molecule has 1 unspecified atom stereocenters. The highest BCUT2D eigenvalue weighted by molar-refractivity contribution is 7.89. The highest BCUT2D eigenvalue weighted by atomic mass is 35.5. The van der Waals surface area contributed by atoms with E-state index in [-0.39, 0.29) is 28.0 Å². The first-order chi connectivity index (χ1) is 17.2. The largest absolute Gasteiger partial charge is 0.444 e. The lowest BCUT2D eigenvalue weighted by Gasteiger charge is -2.35. The van der Waals surface area contributed by atoms with Crippen LogP contribution in [-0.4, -0.2) is 49.2 Å². The van der Waals surface area contributed by atoms with Gasteiger partial charge in [-0.1, -0.05) is 35.9 Å². The summed E-state index contributed by atoms with van der Waals surface area (Å²) < 4.78 is 34.7. The molecule has 0 bridgehead atoms. The number of rotatable bonds is 7. The minimum Gasteiger partial charge on any atom is -0.444 e. The Labute approximate surface area is 225 Å². The predicted molar refractivity (Wildman–Crippen MR) is 146 cm³/mol. The van der Waals surface area contributed by atoms with Crippen LogP contribution in [0.3, 0.4) is 0 Å². The first kappa shape index (κ1) is 29.2. The summed E-state index contributed by atoms with van der Waals surface area (Å²) >= 11 is 6.42. The van der Waals surface area contributed by atoms with Crippen LogP contribution in [-0.2, 0) is 14.8 Å². The van der Waals surface area contributed by atoms with Gasteiger partial charge in [0.25, 0.3) is 0 Å². The average Bonchev–Trinajstić information content (AvgIpc) is 2.80. The van der Waals surface area contributed by atoms with E-state index >= 15 is 0 Å². The number of hydrogen-bond acceptors (Lipinski definition) is 6. The lowest BCUT2D eigenvalue weighted by atomic mass is 9.91. The number of nitrogens with zero attached hydrogens (tertiary/aromatic N) is 1. The van der Waals surface area contributed by atoms with Gasteiger partial charge in [-0.05, 0) is 83.6 Å². The third-order valence-corrected chi connectivity index (χ3v) is 8.61. The van der Waals surface area contributed by atoms with Crippen molar-refractivity contribution >= 4 is 33.4 Å². The number of aliphatic hydroxyl groups excluding tert-OH is 1. The molecule has 10 heteroatoms. The summed E-state index contributed by atoms with van der Waals surface area (Å²) in [6.07, 6.45) is 0.0100. The number of benzene rings is 2. The van der Waals surface area contributed by atoms with Gasteiger partial charge in [0, 0.05) is 30.4 Å². The molecular formula is C27H38ClN3O5S. The number of aliphatic hydroxyl groups is 1. The maximum atomic E-state index is 13.2. The smallest absolute Gasteiger partial charge is 0.410 e. The Morgan fingerprint density at radius 2 is 1.76 bits per heavy atom. The maximum absolute atomic E-state index is 13.2. The number of ether oxygens (including phenoxy) is 1. The molecule has 1 fully saturated rings. The molecule has 0 spiro atoms. The van der Waals surface area contributed by atoms with Gasteiger partial charge in [0.1, 0.15) is 10.5 Å². The Hall–Kier alpha value is -2.33. The van der Waals surface area contributed by atoms with Gasteiger partial charge in [-0.25, -0.2) is 17.9 Å². The average molecular weight is 552 g/mol. The standard InChI is InChI=1S/C27H38ClN3O5S/c1-17-9-7-8-10-21(17)25(32)29-23-16-22(28)24(15-18(23)2)37(34,35)30-19(3)20-11-13-31(14-12-20)26(33)36-27(4,5)6/h7-10,15-16,19-20,25,29-30,32H,11-14H2,1-6H3/t19-,25?/m1/s1. The number of halogens is 1. The molecule has 0 radical (unpaired) electrons. The normalized spacial score (nSPS) is 16.8. The van der Waals surface area contributed by atoms with E-state index in [0.717, 1.165) is 11.1 Å². The number of amides is 1. The lowest BCUT2D eigenvalue weighted by Crippen LogP contribution is -2.46. The zero-order valence-corrected chi connectivity index (χ0v) is 23.9. The van der Waals surface area contributed by atoms with Gasteiger partial charge in [0.15, 0.2) is 6.23 Å². The van der Waals surface area contributed by atoms with Crippen LogP contribution < -0.4 is 10.0 Å². The molecule has 2 aromatic rings. The second-order valence-electron chi connectivity index (χ2n) is 10.7. The Bertz CT molecular complexity index is 1220. The summed E-state index contributed by atoms with van der Waals surface area (Å²) in [7, 11) is -3.90. The summed E-state index contributed by atoms with van der Waals surface area (Å²) in [6, 6.07) is 10.2. The number of anilines is 1. The molecule has 37 heavy (non-hydrogen) atoms. The summed E-state index contributed by atoms with van der Waals surface area (Å²) in [5, 5.41) is 13.7. The first-order valence-electron chi connectivity index (χ1n) is 12.5. The number of likely N-dealkylation sites (tertiary alicyclic amines) is 1. The minimum atomic E-state index is -3.90. The van der Waals surface area contributed by atoms with Gasteiger partial charge in [-0.3, -0.25) is 0 Å². The van der Waals surface area contributed by atoms with E-state index in [1.165, 1.54) is 12.1 Å². The van der Waals surface area contributed by atoms with E-state index in [2.05, 4.69) is 10.0 Å². The van der Waals surface area contributed by atoms with Gasteiger partial charge in [-0.2, -0.15) is 0 Å². The monoisotopic (exact) mass is 551 g/mol. The van der Waals surface area contributed by atoms with E-state index in [1.807, 2.05) is 58.9 Å². The Balaban J connectivity index is 1.66. The maximum Gasteiger partial charge on any atom is 0.410 e. The zero-order chi connectivity index (χ0) is 27.5. The molecule has 2 atom stereocenters. The molecule has 8 nitrogen and oxygen atoms in total. The number of piperidine rings is 1. The van der Waals surface area contributed by atoms with Crippen molar-refractivity contribution in [3.05, 3.63) is 58.1 Å². The van der Waals surface area contributed by atoms with Crippen molar-refractivity contribution in [1.82, 2.24) is 9.62 Å². The van der Waals surface area contributed by atoms with Crippen LogP contribution in [0.5, 0.6) is 0 Å². The van der Waals surface area contributed by atoms with Crippen molar-refractivity contribution in [1.29, 1.82) is 0 Å². The van der Waals surface area contributed by atoms with E-state index < -0.39 is 21.9 Å². The van der Waals surface area contributed by atoms with Gasteiger partial charge in [0.05, 0.1) is 5.02 Å². The highest BCUT2D eigenvalue weighted by Gasteiger charge is 2.31. The third-order valence-electron chi connectivity index (χ3n) is 6.58. The number of aryl methyl sites for hydroxylation is 2. The second-order valence-corrected chi connectivity index (χ2v) is 12.8. The van der Waals surface area contributed by atoms with Crippen LogP contribution in [0, 0.1) is 19.8 Å². The van der Waals surface area contributed by atoms with Gasteiger partial charge < -0.3 is 20.1 Å². The van der Waals surface area contributed by atoms with Crippen molar-refractivity contribution in [2.75, 3.05) is 18.4 Å². The molecule has 0 saturated carbocycles. The first-order valence-corrected chi connectivity index (χ1v) is 14.3.